The van der Waals surface area contributed by atoms with Gasteiger partial charge in [0.05, 0.1) is 0 Å². The molecule has 2 rings (SSSR count). The summed E-state index contributed by atoms with van der Waals surface area (Å²) in [6.45, 7) is 0. The molecule has 0 saturated carbocycles. The summed E-state index contributed by atoms with van der Waals surface area (Å²) >= 11 is 0. The van der Waals surface area contributed by atoms with Crippen LogP contribution >= 0.6 is 0 Å². The summed E-state index contributed by atoms with van der Waals surface area (Å²) in [5, 5.41) is 6.57. The number of aromatic nitrogens is 3. The second kappa shape index (κ2) is 1.66. The number of hydrogen-bond donors (Lipinski definition) is 1. The highest BCUT2D eigenvalue weighted by Crippen LogP contribution is 1.97. The van der Waals surface area contributed by atoms with E-state index in [1.54, 1.807) is 0 Å². The minimum atomic E-state index is -0.418. The number of H-pyrrole nitrogens is 1. The topological polar surface area (TPSA) is 71.8 Å². The first-order valence-corrected chi connectivity index (χ1v) is 2.65. The molecule has 0 amide bonds. The van der Waals surface area contributed by atoms with Gasteiger partial charge in [-0.3, -0.25) is 5.10 Å². The maximum atomic E-state index is 10.8. The van der Waals surface area contributed by atoms with Crippen molar-refractivity contribution in [1.29, 1.82) is 0 Å². The highest BCUT2D eigenvalue weighted by atomic mass is 16.4. The molecule has 0 fully saturated rings. The van der Waals surface area contributed by atoms with Crippen LogP contribution in [0.25, 0.3) is 11.0 Å². The Morgan fingerprint density at radius 3 is 3.30 bits per heavy atom. The molecule has 5 nitrogen and oxygen atoms in total. The third kappa shape index (κ3) is 0.540. The molecule has 0 aromatic carbocycles. The van der Waals surface area contributed by atoms with Crippen LogP contribution in [-0.4, -0.2) is 15.2 Å². The van der Waals surface area contributed by atoms with E-state index in [2.05, 4.69) is 19.6 Å². The fraction of sp³-hybridized carbons (Fsp3) is 0. The molecule has 0 aliphatic carbocycles. The normalized spacial score (nSPS) is 10.4. The van der Waals surface area contributed by atoms with E-state index < -0.39 is 5.63 Å². The van der Waals surface area contributed by atoms with Crippen LogP contribution in [0.5, 0.6) is 0 Å². The SMILES string of the molecule is O=c1ocnc2n[nH]cc12. The molecule has 0 radical (unpaired) electrons. The van der Waals surface area contributed by atoms with Gasteiger partial charge in [0.15, 0.2) is 12.0 Å². The van der Waals surface area contributed by atoms with E-state index in [-0.39, 0.29) is 0 Å². The van der Waals surface area contributed by atoms with Gasteiger partial charge in [0, 0.05) is 6.20 Å². The second-order valence-corrected chi connectivity index (χ2v) is 1.76. The molecule has 10 heavy (non-hydrogen) atoms. The summed E-state index contributed by atoms with van der Waals surface area (Å²) in [6.07, 6.45) is 2.53. The van der Waals surface area contributed by atoms with Gasteiger partial charge in [-0.1, -0.05) is 0 Å². The third-order valence-corrected chi connectivity index (χ3v) is 1.17. The molecular formula is C5H3N3O2. The van der Waals surface area contributed by atoms with Gasteiger partial charge in [0.1, 0.15) is 5.39 Å². The zero-order chi connectivity index (χ0) is 6.97. The number of nitrogens with one attached hydrogen (secondary N) is 1. The molecule has 0 bridgehead atoms. The van der Waals surface area contributed by atoms with Gasteiger partial charge in [-0.2, -0.15) is 10.1 Å². The largest absolute Gasteiger partial charge is 0.411 e. The first-order chi connectivity index (χ1) is 4.88. The van der Waals surface area contributed by atoms with Crippen molar-refractivity contribution >= 4 is 11.0 Å². The molecule has 2 heterocycles. The standard InChI is InChI=1S/C5H3N3O2/c9-5-3-1-7-8-4(3)6-2-10-5/h1-2H,(H,7,8). The van der Waals surface area contributed by atoms with Crippen LogP contribution in [0.4, 0.5) is 0 Å². The van der Waals surface area contributed by atoms with E-state index in [1.807, 2.05) is 0 Å². The zero-order valence-electron chi connectivity index (χ0n) is 4.87. The Morgan fingerprint density at radius 2 is 2.50 bits per heavy atom. The number of fused-ring (bicyclic) bond motifs is 1. The molecule has 0 aliphatic heterocycles. The van der Waals surface area contributed by atoms with Crippen LogP contribution in [-0.2, 0) is 0 Å². The summed E-state index contributed by atoms with van der Waals surface area (Å²) in [5.74, 6) is 0. The molecule has 2 aromatic rings. The fourth-order valence-corrected chi connectivity index (χ4v) is 0.719. The first kappa shape index (κ1) is 5.16. The Kier molecular flexibility index (Phi) is 0.858. The van der Waals surface area contributed by atoms with Gasteiger partial charge in [0.2, 0.25) is 0 Å². The Balaban J connectivity index is 3.09. The van der Waals surface area contributed by atoms with E-state index >= 15 is 0 Å². The zero-order valence-corrected chi connectivity index (χ0v) is 4.87. The van der Waals surface area contributed by atoms with Crippen LogP contribution in [0.2, 0.25) is 0 Å². The maximum absolute atomic E-state index is 10.8. The average Bonchev–Trinajstić information content (AvgIpc) is 2.36. The molecule has 0 spiro atoms. The maximum Gasteiger partial charge on any atom is 0.349 e. The van der Waals surface area contributed by atoms with Crippen LogP contribution in [0.15, 0.2) is 21.8 Å². The lowest BCUT2D eigenvalue weighted by atomic mass is 10.5. The van der Waals surface area contributed by atoms with Crippen LogP contribution < -0.4 is 5.63 Å². The van der Waals surface area contributed by atoms with Crippen molar-refractivity contribution in [2.45, 2.75) is 0 Å². The molecule has 5 heteroatoms. The molecule has 0 saturated heterocycles. The summed E-state index contributed by atoms with van der Waals surface area (Å²) in [4.78, 5) is 14.5. The molecule has 50 valence electrons. The Labute approximate surface area is 54.7 Å². The Hall–Kier alpha value is -1.65. The molecule has 0 atom stereocenters. The minimum absolute atomic E-state index is 0.377. The van der Waals surface area contributed by atoms with E-state index in [9.17, 15) is 4.79 Å². The lowest BCUT2D eigenvalue weighted by Gasteiger charge is -1.79. The third-order valence-electron chi connectivity index (χ3n) is 1.17. The van der Waals surface area contributed by atoms with Gasteiger partial charge in [-0.25, -0.2) is 4.79 Å². The van der Waals surface area contributed by atoms with E-state index in [0.717, 1.165) is 6.39 Å². The van der Waals surface area contributed by atoms with Crippen molar-refractivity contribution < 1.29 is 4.42 Å². The number of rotatable bonds is 0. The van der Waals surface area contributed by atoms with Crippen molar-refractivity contribution in [1.82, 2.24) is 15.2 Å². The molecule has 0 aliphatic rings. The molecule has 2 aromatic heterocycles. The first-order valence-electron chi connectivity index (χ1n) is 2.65. The van der Waals surface area contributed by atoms with Crippen LogP contribution in [0.3, 0.4) is 0 Å². The highest BCUT2D eigenvalue weighted by molar-refractivity contribution is 5.70. The molecule has 0 unspecified atom stereocenters. The lowest BCUT2D eigenvalue weighted by molar-refractivity contribution is 0.501. The monoisotopic (exact) mass is 137 g/mol. The van der Waals surface area contributed by atoms with Crippen molar-refractivity contribution in [3.63, 3.8) is 0 Å². The average molecular weight is 137 g/mol. The van der Waals surface area contributed by atoms with Crippen LogP contribution in [0, 0.1) is 0 Å². The summed E-state index contributed by atoms with van der Waals surface area (Å²) < 4.78 is 4.47. The number of nitrogens with zero attached hydrogens (tertiary/aromatic N) is 2. The minimum Gasteiger partial charge on any atom is -0.411 e. The quantitative estimate of drug-likeness (QED) is 0.550. The second-order valence-electron chi connectivity index (χ2n) is 1.76. The van der Waals surface area contributed by atoms with E-state index in [1.165, 1.54) is 6.20 Å². The van der Waals surface area contributed by atoms with Gasteiger partial charge in [-0.15, -0.1) is 0 Å². The van der Waals surface area contributed by atoms with Crippen molar-refractivity contribution in [2.75, 3.05) is 0 Å². The highest BCUT2D eigenvalue weighted by Gasteiger charge is 2.00. The van der Waals surface area contributed by atoms with Crippen molar-refractivity contribution in [3.05, 3.63) is 23.0 Å². The van der Waals surface area contributed by atoms with Gasteiger partial charge in [0.25, 0.3) is 0 Å². The van der Waals surface area contributed by atoms with Crippen molar-refractivity contribution in [2.24, 2.45) is 0 Å². The summed E-state index contributed by atoms with van der Waals surface area (Å²) in [6, 6.07) is 0. The lowest BCUT2D eigenvalue weighted by Crippen LogP contribution is -1.97. The number of hydrogen-bond acceptors (Lipinski definition) is 4. The molecule has 1 N–H and O–H groups in total. The fourth-order valence-electron chi connectivity index (χ4n) is 0.719. The number of aromatic amines is 1. The van der Waals surface area contributed by atoms with Gasteiger partial charge >= 0.3 is 5.63 Å². The predicted octanol–water partition coefficient (Wildman–Crippen LogP) is -0.0889. The van der Waals surface area contributed by atoms with Crippen LogP contribution in [0.1, 0.15) is 0 Å². The Morgan fingerprint density at radius 1 is 1.60 bits per heavy atom. The molecular weight excluding hydrogens is 134 g/mol. The van der Waals surface area contributed by atoms with Crippen molar-refractivity contribution in [3.8, 4) is 0 Å². The van der Waals surface area contributed by atoms with Gasteiger partial charge in [-0.05, 0) is 0 Å². The summed E-state index contributed by atoms with van der Waals surface area (Å²) in [7, 11) is 0. The van der Waals surface area contributed by atoms with E-state index in [4.69, 9.17) is 0 Å². The van der Waals surface area contributed by atoms with Gasteiger partial charge < -0.3 is 4.42 Å². The smallest absolute Gasteiger partial charge is 0.349 e. The van der Waals surface area contributed by atoms with E-state index in [0.29, 0.717) is 11.0 Å². The summed E-state index contributed by atoms with van der Waals surface area (Å²) in [5.41, 5.74) is -0.0324. The Bertz CT molecular complexity index is 402. The predicted molar refractivity (Wildman–Crippen MR) is 32.4 cm³/mol.